The molecule has 0 saturated carbocycles. The van der Waals surface area contributed by atoms with Crippen molar-refractivity contribution in [1.82, 2.24) is 24.5 Å². The van der Waals surface area contributed by atoms with Gasteiger partial charge in [0.1, 0.15) is 6.54 Å². The first kappa shape index (κ1) is 14.6. The van der Waals surface area contributed by atoms with Gasteiger partial charge in [0, 0.05) is 12.4 Å². The summed E-state index contributed by atoms with van der Waals surface area (Å²) < 4.78 is 2.61. The highest BCUT2D eigenvalue weighted by molar-refractivity contribution is 5.76. The third kappa shape index (κ3) is 2.58. The third-order valence-electron chi connectivity index (χ3n) is 4.31. The number of pyridine rings is 2. The summed E-state index contributed by atoms with van der Waals surface area (Å²) in [5.41, 5.74) is 2.32. The zero-order valence-electron chi connectivity index (χ0n) is 13.1. The van der Waals surface area contributed by atoms with Crippen LogP contribution in [0.3, 0.4) is 0 Å². The minimum absolute atomic E-state index is 0.0980. The maximum Gasteiger partial charge on any atom is 0.350 e. The van der Waals surface area contributed by atoms with Crippen LogP contribution in [0, 0.1) is 0 Å². The van der Waals surface area contributed by atoms with Crippen LogP contribution in [0.2, 0.25) is 0 Å². The number of aromatic nitrogens is 4. The molecule has 122 valence electrons. The van der Waals surface area contributed by atoms with E-state index in [0.29, 0.717) is 5.65 Å². The lowest BCUT2D eigenvalue weighted by atomic mass is 9.92. The molecule has 3 aromatic heterocycles. The first-order chi connectivity index (χ1) is 11.7. The molecule has 0 saturated heterocycles. The summed E-state index contributed by atoms with van der Waals surface area (Å²) in [5, 5.41) is 7.16. The zero-order chi connectivity index (χ0) is 16.5. The molecule has 1 atom stereocenters. The Morgan fingerprint density at radius 2 is 2.21 bits per heavy atom. The molecule has 1 N–H and O–H groups in total. The minimum atomic E-state index is -0.317. The summed E-state index contributed by atoms with van der Waals surface area (Å²) in [5.74, 6) is -0.232. The van der Waals surface area contributed by atoms with Gasteiger partial charge in [-0.25, -0.2) is 9.48 Å². The van der Waals surface area contributed by atoms with E-state index in [4.69, 9.17) is 0 Å². The Balaban J connectivity index is 1.53. The van der Waals surface area contributed by atoms with Crippen LogP contribution in [0.4, 0.5) is 0 Å². The van der Waals surface area contributed by atoms with Gasteiger partial charge in [0.05, 0.1) is 11.7 Å². The summed E-state index contributed by atoms with van der Waals surface area (Å²) in [7, 11) is 0. The van der Waals surface area contributed by atoms with Crippen molar-refractivity contribution < 1.29 is 4.79 Å². The largest absolute Gasteiger partial charge is 0.350 e. The first-order valence-electron chi connectivity index (χ1n) is 8.00. The van der Waals surface area contributed by atoms with Crippen LogP contribution in [-0.4, -0.2) is 25.1 Å². The Bertz CT molecular complexity index is 959. The lowest BCUT2D eigenvalue weighted by molar-refractivity contribution is -0.122. The molecule has 0 spiro atoms. The maximum absolute atomic E-state index is 12.4. The number of nitrogens with one attached hydrogen (secondary N) is 1. The van der Waals surface area contributed by atoms with E-state index in [1.165, 1.54) is 14.6 Å². The Hall–Kier alpha value is -2.96. The molecule has 0 fully saturated rings. The second-order valence-electron chi connectivity index (χ2n) is 5.93. The van der Waals surface area contributed by atoms with Crippen LogP contribution in [0.5, 0.6) is 0 Å². The monoisotopic (exact) mass is 323 g/mol. The first-order valence-corrected chi connectivity index (χ1v) is 8.00. The lowest BCUT2D eigenvalue weighted by Crippen LogP contribution is -2.36. The van der Waals surface area contributed by atoms with Crippen molar-refractivity contribution in [3.63, 3.8) is 0 Å². The number of hydrogen-bond donors (Lipinski definition) is 1. The third-order valence-corrected chi connectivity index (χ3v) is 4.31. The molecule has 3 heterocycles. The molecule has 7 nitrogen and oxygen atoms in total. The standard InChI is InChI=1S/C17H17N5O2/c23-15(11-22-17(24)21-10-2-1-8-14(21)20-22)19-13-7-3-5-12-6-4-9-18-16(12)13/h1-2,4,6,8-10,13H,3,5,7,11H2,(H,19,23)/t13-/m1/s1. The second kappa shape index (κ2) is 5.92. The summed E-state index contributed by atoms with van der Waals surface area (Å²) in [4.78, 5) is 29.0. The van der Waals surface area contributed by atoms with Gasteiger partial charge in [0.2, 0.25) is 5.91 Å². The van der Waals surface area contributed by atoms with Crippen molar-refractivity contribution in [2.24, 2.45) is 0 Å². The van der Waals surface area contributed by atoms with Crippen molar-refractivity contribution in [3.8, 4) is 0 Å². The molecule has 0 unspecified atom stereocenters. The van der Waals surface area contributed by atoms with Gasteiger partial charge in [0.25, 0.3) is 0 Å². The summed E-state index contributed by atoms with van der Waals surface area (Å²) >= 11 is 0. The van der Waals surface area contributed by atoms with Gasteiger partial charge in [-0.1, -0.05) is 12.1 Å². The highest BCUT2D eigenvalue weighted by atomic mass is 16.2. The molecule has 1 amide bonds. The number of aryl methyl sites for hydroxylation is 1. The number of carbonyl (C=O) groups excluding carboxylic acids is 1. The highest BCUT2D eigenvalue weighted by Crippen LogP contribution is 2.27. The normalized spacial score (nSPS) is 16.8. The van der Waals surface area contributed by atoms with Crippen LogP contribution in [0.1, 0.15) is 30.1 Å². The smallest absolute Gasteiger partial charge is 0.346 e. The van der Waals surface area contributed by atoms with Crippen LogP contribution in [0.15, 0.2) is 47.5 Å². The summed E-state index contributed by atoms with van der Waals surface area (Å²) in [6, 6.07) is 9.15. The van der Waals surface area contributed by atoms with E-state index in [0.717, 1.165) is 25.0 Å². The Kier molecular flexibility index (Phi) is 3.60. The van der Waals surface area contributed by atoms with Crippen LogP contribution in [0.25, 0.3) is 5.65 Å². The van der Waals surface area contributed by atoms with Crippen LogP contribution in [-0.2, 0) is 17.8 Å². The van der Waals surface area contributed by atoms with Crippen LogP contribution < -0.4 is 11.0 Å². The summed E-state index contributed by atoms with van der Waals surface area (Å²) in [6.07, 6.45) is 6.24. The molecule has 24 heavy (non-hydrogen) atoms. The van der Waals surface area contributed by atoms with E-state index in [1.807, 2.05) is 12.1 Å². The number of carbonyl (C=O) groups is 1. The SMILES string of the molecule is O=C(Cn1nc2ccccn2c1=O)N[C@@H]1CCCc2cccnc21. The van der Waals surface area contributed by atoms with Gasteiger partial charge in [0.15, 0.2) is 5.65 Å². The topological polar surface area (TPSA) is 81.3 Å². The number of rotatable bonds is 3. The molecule has 4 rings (SSSR count). The fraction of sp³-hybridized carbons (Fsp3) is 0.294. The molecular formula is C17H17N5O2. The zero-order valence-corrected chi connectivity index (χ0v) is 13.1. The van der Waals surface area contributed by atoms with E-state index in [-0.39, 0.29) is 24.2 Å². The average Bonchev–Trinajstić information content (AvgIpc) is 2.91. The molecule has 0 bridgehead atoms. The Labute approximate surface area is 138 Å². The van der Waals surface area contributed by atoms with Crippen molar-refractivity contribution in [3.05, 3.63) is 64.5 Å². The predicted octanol–water partition coefficient (Wildman–Crippen LogP) is 1.08. The number of nitrogens with zero attached hydrogens (tertiary/aromatic N) is 4. The van der Waals surface area contributed by atoms with Crippen LogP contribution >= 0.6 is 0 Å². The van der Waals surface area contributed by atoms with Crippen molar-refractivity contribution >= 4 is 11.6 Å². The van der Waals surface area contributed by atoms with E-state index >= 15 is 0 Å². The van der Waals surface area contributed by atoms with Gasteiger partial charge in [-0.2, -0.15) is 0 Å². The molecule has 3 aromatic rings. The second-order valence-corrected chi connectivity index (χ2v) is 5.93. The highest BCUT2D eigenvalue weighted by Gasteiger charge is 2.23. The van der Waals surface area contributed by atoms with E-state index in [9.17, 15) is 9.59 Å². The molecule has 1 aliphatic rings. The maximum atomic E-state index is 12.4. The van der Waals surface area contributed by atoms with Crippen molar-refractivity contribution in [2.45, 2.75) is 31.8 Å². The molecule has 0 aliphatic heterocycles. The fourth-order valence-corrected chi connectivity index (χ4v) is 3.20. The Morgan fingerprint density at radius 1 is 1.29 bits per heavy atom. The quantitative estimate of drug-likeness (QED) is 0.782. The van der Waals surface area contributed by atoms with Crippen molar-refractivity contribution in [1.29, 1.82) is 0 Å². The number of amides is 1. The lowest BCUT2D eigenvalue weighted by Gasteiger charge is -2.25. The predicted molar refractivity (Wildman–Crippen MR) is 87.5 cm³/mol. The van der Waals surface area contributed by atoms with Gasteiger partial charge in [-0.15, -0.1) is 5.10 Å². The Morgan fingerprint density at radius 3 is 3.08 bits per heavy atom. The summed E-state index contributed by atoms with van der Waals surface area (Å²) in [6.45, 7) is -0.0980. The molecule has 7 heteroatoms. The number of hydrogen-bond acceptors (Lipinski definition) is 4. The van der Waals surface area contributed by atoms with E-state index in [2.05, 4.69) is 15.4 Å². The molecule has 1 aliphatic carbocycles. The average molecular weight is 323 g/mol. The molecular weight excluding hydrogens is 306 g/mol. The number of fused-ring (bicyclic) bond motifs is 2. The van der Waals surface area contributed by atoms with Gasteiger partial charge in [-0.3, -0.25) is 14.2 Å². The van der Waals surface area contributed by atoms with Gasteiger partial charge >= 0.3 is 5.69 Å². The van der Waals surface area contributed by atoms with Gasteiger partial charge < -0.3 is 5.32 Å². The van der Waals surface area contributed by atoms with E-state index < -0.39 is 0 Å². The fourth-order valence-electron chi connectivity index (χ4n) is 3.20. The van der Waals surface area contributed by atoms with Crippen molar-refractivity contribution in [2.75, 3.05) is 0 Å². The van der Waals surface area contributed by atoms with Gasteiger partial charge in [-0.05, 0) is 43.0 Å². The molecule has 0 aromatic carbocycles. The molecule has 0 radical (unpaired) electrons. The van der Waals surface area contributed by atoms with E-state index in [1.54, 1.807) is 30.6 Å². The minimum Gasteiger partial charge on any atom is -0.346 e.